The number of anilines is 2. The van der Waals surface area contributed by atoms with Crippen LogP contribution in [-0.2, 0) is 19.7 Å². The number of carbonyl (C=O) groups excluding carboxylic acids is 1. The maximum atomic E-state index is 12.0. The van der Waals surface area contributed by atoms with E-state index in [0.29, 0.717) is 6.17 Å². The van der Waals surface area contributed by atoms with Gasteiger partial charge >= 0.3 is 18.0 Å². The largest absolute Gasteiger partial charge is 0.473 e. The summed E-state index contributed by atoms with van der Waals surface area (Å²) in [4.78, 5) is 34.9. The number of rotatable bonds is 1. The average Bonchev–Trinajstić information content (AvgIpc) is 2.99. The average molecular weight is 407 g/mol. The standard InChI is InChI=1S/C18H27N3O2.C2H2O4/c1-17(2,3)23-16(22)19-12-7-8-14-13(11-12)18(4)9-10-20(5)15(18)21(14)6;3-1(4)2(5)6/h7-8,11,15H,9-10H2,1-6H3,(H,19,22);(H,3,4)(H,5,6). The third kappa shape index (κ3) is 4.79. The number of hydrogen-bond donors (Lipinski definition) is 3. The van der Waals surface area contributed by atoms with Crippen molar-refractivity contribution in [2.75, 3.05) is 30.9 Å². The van der Waals surface area contributed by atoms with Crippen LogP contribution >= 0.6 is 0 Å². The van der Waals surface area contributed by atoms with E-state index in [1.165, 1.54) is 11.3 Å². The minimum absolute atomic E-state index is 0.102. The zero-order valence-corrected chi connectivity index (χ0v) is 17.6. The molecular weight excluding hydrogens is 378 g/mol. The summed E-state index contributed by atoms with van der Waals surface area (Å²) in [5.74, 6) is -3.65. The monoisotopic (exact) mass is 407 g/mol. The highest BCUT2D eigenvalue weighted by molar-refractivity contribution is 6.27. The second-order valence-electron chi connectivity index (χ2n) is 8.60. The van der Waals surface area contributed by atoms with Crippen molar-refractivity contribution in [3.05, 3.63) is 23.8 Å². The van der Waals surface area contributed by atoms with E-state index in [4.69, 9.17) is 24.5 Å². The van der Waals surface area contributed by atoms with Gasteiger partial charge in [0.1, 0.15) is 5.60 Å². The molecule has 160 valence electrons. The second-order valence-corrected chi connectivity index (χ2v) is 8.60. The lowest BCUT2D eigenvalue weighted by Gasteiger charge is -2.32. The fraction of sp³-hybridized carbons (Fsp3) is 0.550. The van der Waals surface area contributed by atoms with Gasteiger partial charge < -0.3 is 19.8 Å². The third-order valence-electron chi connectivity index (χ3n) is 5.16. The van der Waals surface area contributed by atoms with Gasteiger partial charge in [-0.05, 0) is 58.0 Å². The van der Waals surface area contributed by atoms with Crippen LogP contribution in [0, 0.1) is 0 Å². The zero-order chi connectivity index (χ0) is 22.1. The molecule has 9 heteroatoms. The number of carbonyl (C=O) groups is 3. The van der Waals surface area contributed by atoms with Crippen LogP contribution in [-0.4, -0.2) is 65.6 Å². The van der Waals surface area contributed by atoms with Crippen molar-refractivity contribution in [1.29, 1.82) is 0 Å². The molecule has 0 spiro atoms. The molecule has 1 amide bonds. The highest BCUT2D eigenvalue weighted by atomic mass is 16.6. The van der Waals surface area contributed by atoms with Crippen molar-refractivity contribution in [1.82, 2.24) is 4.90 Å². The number of hydrogen-bond acceptors (Lipinski definition) is 6. The van der Waals surface area contributed by atoms with Crippen molar-refractivity contribution in [2.24, 2.45) is 0 Å². The van der Waals surface area contributed by atoms with E-state index in [9.17, 15) is 4.79 Å². The smallest absolute Gasteiger partial charge is 0.414 e. The molecule has 1 aromatic carbocycles. The van der Waals surface area contributed by atoms with Gasteiger partial charge in [-0.1, -0.05) is 6.92 Å². The minimum Gasteiger partial charge on any atom is -0.473 e. The Bertz CT molecular complexity index is 807. The summed E-state index contributed by atoms with van der Waals surface area (Å²) in [7, 11) is 4.33. The normalized spacial score (nSPS) is 22.8. The van der Waals surface area contributed by atoms with Crippen LogP contribution in [0.15, 0.2) is 18.2 Å². The Balaban J connectivity index is 0.000000438. The lowest BCUT2D eigenvalue weighted by atomic mass is 9.81. The summed E-state index contributed by atoms with van der Waals surface area (Å²) in [6.07, 6.45) is 1.10. The highest BCUT2D eigenvalue weighted by Crippen LogP contribution is 2.51. The van der Waals surface area contributed by atoms with E-state index in [-0.39, 0.29) is 5.41 Å². The highest BCUT2D eigenvalue weighted by Gasteiger charge is 2.52. The molecule has 9 nitrogen and oxygen atoms in total. The van der Waals surface area contributed by atoms with Crippen molar-refractivity contribution < 1.29 is 29.3 Å². The van der Waals surface area contributed by atoms with Gasteiger partial charge in [0.05, 0.1) is 6.17 Å². The van der Waals surface area contributed by atoms with E-state index >= 15 is 0 Å². The van der Waals surface area contributed by atoms with Crippen molar-refractivity contribution in [3.63, 3.8) is 0 Å². The molecule has 3 rings (SSSR count). The number of ether oxygens (including phenoxy) is 1. The number of fused-ring (bicyclic) bond motifs is 3. The van der Waals surface area contributed by atoms with E-state index in [2.05, 4.69) is 48.3 Å². The van der Waals surface area contributed by atoms with Gasteiger partial charge in [-0.15, -0.1) is 0 Å². The van der Waals surface area contributed by atoms with Crippen LogP contribution in [0.5, 0.6) is 0 Å². The second kappa shape index (κ2) is 7.90. The first-order valence-electron chi connectivity index (χ1n) is 9.30. The van der Waals surface area contributed by atoms with Gasteiger partial charge in [0.15, 0.2) is 0 Å². The number of carboxylic acid groups (broad SMARTS) is 2. The Morgan fingerprint density at radius 3 is 2.28 bits per heavy atom. The molecule has 2 atom stereocenters. The molecule has 2 aliphatic heterocycles. The Morgan fingerprint density at radius 1 is 1.17 bits per heavy atom. The molecule has 0 saturated carbocycles. The molecule has 0 bridgehead atoms. The van der Waals surface area contributed by atoms with Gasteiger partial charge in [-0.3, -0.25) is 10.2 Å². The van der Waals surface area contributed by atoms with Gasteiger partial charge in [-0.2, -0.15) is 0 Å². The summed E-state index contributed by atoms with van der Waals surface area (Å²) < 4.78 is 5.34. The van der Waals surface area contributed by atoms with Gasteiger partial charge in [0.2, 0.25) is 0 Å². The van der Waals surface area contributed by atoms with Crippen LogP contribution in [0.25, 0.3) is 0 Å². The summed E-state index contributed by atoms with van der Waals surface area (Å²) >= 11 is 0. The quantitative estimate of drug-likeness (QED) is 0.608. The zero-order valence-electron chi connectivity index (χ0n) is 17.6. The summed E-state index contributed by atoms with van der Waals surface area (Å²) in [5.41, 5.74) is 2.96. The first-order valence-corrected chi connectivity index (χ1v) is 9.30. The number of likely N-dealkylation sites (N-methyl/N-ethyl adjacent to an activating group) is 2. The number of likely N-dealkylation sites (tertiary alicyclic amines) is 1. The molecule has 3 N–H and O–H groups in total. The third-order valence-corrected chi connectivity index (χ3v) is 5.16. The van der Waals surface area contributed by atoms with Crippen molar-refractivity contribution in [2.45, 2.75) is 51.3 Å². The Labute approximate surface area is 170 Å². The lowest BCUT2D eigenvalue weighted by molar-refractivity contribution is -0.159. The summed E-state index contributed by atoms with van der Waals surface area (Å²) in [6.45, 7) is 9.01. The Kier molecular flexibility index (Phi) is 6.13. The number of carboxylic acids is 2. The first-order chi connectivity index (χ1) is 13.3. The van der Waals surface area contributed by atoms with Gasteiger partial charge in [0.25, 0.3) is 0 Å². The fourth-order valence-corrected chi connectivity index (χ4v) is 4.08. The van der Waals surface area contributed by atoms with Crippen molar-refractivity contribution >= 4 is 29.4 Å². The SMILES string of the molecule is CN1CCC2(C)c3cc(NC(=O)OC(C)(C)C)ccc3N(C)C12.O=C(O)C(=O)O. The fourth-order valence-electron chi connectivity index (χ4n) is 4.08. The molecule has 2 aliphatic rings. The predicted octanol–water partition coefficient (Wildman–Crippen LogP) is 2.56. The molecule has 0 aliphatic carbocycles. The topological polar surface area (TPSA) is 119 Å². The number of amides is 1. The first kappa shape index (κ1) is 22.5. The van der Waals surface area contributed by atoms with E-state index in [0.717, 1.165) is 18.7 Å². The van der Waals surface area contributed by atoms with Crippen LogP contribution in [0.4, 0.5) is 16.2 Å². The predicted molar refractivity (Wildman–Crippen MR) is 108 cm³/mol. The molecular formula is C20H29N3O6. The van der Waals surface area contributed by atoms with Crippen LogP contribution in [0.1, 0.15) is 39.7 Å². The number of aliphatic carboxylic acids is 2. The van der Waals surface area contributed by atoms with E-state index in [1.54, 1.807) is 0 Å². The molecule has 2 heterocycles. The summed E-state index contributed by atoms with van der Waals surface area (Å²) in [5, 5.41) is 17.6. The maximum Gasteiger partial charge on any atom is 0.414 e. The molecule has 1 saturated heterocycles. The Morgan fingerprint density at radius 2 is 1.76 bits per heavy atom. The van der Waals surface area contributed by atoms with E-state index < -0.39 is 23.6 Å². The van der Waals surface area contributed by atoms with Gasteiger partial charge in [-0.25, -0.2) is 14.4 Å². The number of benzene rings is 1. The molecule has 29 heavy (non-hydrogen) atoms. The van der Waals surface area contributed by atoms with Gasteiger partial charge in [0, 0.05) is 30.4 Å². The summed E-state index contributed by atoms with van der Waals surface area (Å²) in [6, 6.07) is 6.15. The van der Waals surface area contributed by atoms with E-state index in [1.807, 2.05) is 26.8 Å². The maximum absolute atomic E-state index is 12.0. The molecule has 0 radical (unpaired) electrons. The molecule has 2 unspecified atom stereocenters. The number of nitrogens with one attached hydrogen (secondary N) is 1. The van der Waals surface area contributed by atoms with Crippen LogP contribution in [0.2, 0.25) is 0 Å². The van der Waals surface area contributed by atoms with Crippen LogP contribution in [0.3, 0.4) is 0 Å². The van der Waals surface area contributed by atoms with Crippen LogP contribution < -0.4 is 10.2 Å². The Hall–Kier alpha value is -2.81. The molecule has 1 fully saturated rings. The number of nitrogens with zero attached hydrogens (tertiary/aromatic N) is 2. The minimum atomic E-state index is -1.82. The lowest BCUT2D eigenvalue weighted by Crippen LogP contribution is -2.45. The molecule has 1 aromatic rings. The van der Waals surface area contributed by atoms with Crippen molar-refractivity contribution in [3.8, 4) is 0 Å². The molecule has 0 aromatic heterocycles.